The number of nitrogens with zero attached hydrogens (tertiary/aromatic N) is 2. The van der Waals surface area contributed by atoms with Crippen molar-refractivity contribution in [1.82, 2.24) is 9.55 Å². The standard InChI is InChI=1S/C27H18N2O3/c1-17(30)31-27-22-12-6-14-29(22)23-15-19-7-2-3-8-20(19)16-24(23)32-26(27)21-11-4-9-18-10-5-13-28-25(18)21/h2-16H,1H3. The van der Waals surface area contributed by atoms with Gasteiger partial charge in [-0.3, -0.25) is 9.78 Å². The molecule has 0 atom stereocenters. The molecule has 0 amide bonds. The number of hydrogen-bond acceptors (Lipinski definition) is 4. The zero-order valence-corrected chi connectivity index (χ0v) is 17.3. The first kappa shape index (κ1) is 18.4. The highest BCUT2D eigenvalue weighted by molar-refractivity contribution is 5.99. The minimum atomic E-state index is -0.418. The molecule has 0 aliphatic carbocycles. The molecule has 154 valence electrons. The molecule has 0 unspecified atom stereocenters. The van der Waals surface area contributed by atoms with Crippen LogP contribution >= 0.6 is 0 Å². The maximum atomic E-state index is 12.1. The minimum absolute atomic E-state index is 0.362. The molecule has 5 heteroatoms. The van der Waals surface area contributed by atoms with Crippen LogP contribution in [0, 0.1) is 0 Å². The molecular weight excluding hydrogens is 400 g/mol. The third-order valence-corrected chi connectivity index (χ3v) is 5.61. The van der Waals surface area contributed by atoms with Crippen LogP contribution in [0.3, 0.4) is 0 Å². The molecule has 0 saturated heterocycles. The van der Waals surface area contributed by atoms with E-state index in [2.05, 4.69) is 23.2 Å². The maximum absolute atomic E-state index is 12.1. The fourth-order valence-electron chi connectivity index (χ4n) is 4.23. The number of carbonyl (C=O) groups excluding carboxylic acids is 1. The van der Waals surface area contributed by atoms with Crippen molar-refractivity contribution in [1.29, 1.82) is 0 Å². The van der Waals surface area contributed by atoms with E-state index in [9.17, 15) is 4.79 Å². The summed E-state index contributed by atoms with van der Waals surface area (Å²) >= 11 is 0. The summed E-state index contributed by atoms with van der Waals surface area (Å²) in [6.07, 6.45) is 3.69. The molecule has 0 fully saturated rings. The summed E-state index contributed by atoms with van der Waals surface area (Å²) in [5.74, 6) is 1.07. The lowest BCUT2D eigenvalue weighted by molar-refractivity contribution is -0.134. The highest BCUT2D eigenvalue weighted by Crippen LogP contribution is 2.41. The van der Waals surface area contributed by atoms with Gasteiger partial charge < -0.3 is 14.0 Å². The molecule has 0 bridgehead atoms. The van der Waals surface area contributed by atoms with Crippen molar-refractivity contribution in [2.24, 2.45) is 0 Å². The van der Waals surface area contributed by atoms with Crippen LogP contribution < -0.4 is 4.74 Å². The van der Waals surface area contributed by atoms with Gasteiger partial charge in [0, 0.05) is 30.3 Å². The molecule has 3 heterocycles. The van der Waals surface area contributed by atoms with E-state index < -0.39 is 5.97 Å². The number of carbonyl (C=O) groups is 1. The first-order valence-electron chi connectivity index (χ1n) is 10.3. The second kappa shape index (κ2) is 7.10. The minimum Gasteiger partial charge on any atom is -0.450 e. The van der Waals surface area contributed by atoms with E-state index in [1.165, 1.54) is 6.92 Å². The predicted octanol–water partition coefficient (Wildman–Crippen LogP) is 5.96. The third-order valence-electron chi connectivity index (χ3n) is 5.61. The fourth-order valence-corrected chi connectivity index (χ4v) is 4.23. The van der Waals surface area contributed by atoms with Crippen LogP contribution in [0.5, 0.6) is 5.75 Å². The second-order valence-corrected chi connectivity index (χ2v) is 7.67. The van der Waals surface area contributed by atoms with Crippen LogP contribution in [-0.4, -0.2) is 15.5 Å². The van der Waals surface area contributed by atoms with Gasteiger partial charge in [-0.15, -0.1) is 0 Å². The van der Waals surface area contributed by atoms with Crippen molar-refractivity contribution in [2.45, 2.75) is 6.92 Å². The van der Waals surface area contributed by atoms with Gasteiger partial charge in [0.1, 0.15) is 0 Å². The first-order chi connectivity index (χ1) is 15.7. The van der Waals surface area contributed by atoms with Crippen molar-refractivity contribution in [3.05, 3.63) is 103 Å². The van der Waals surface area contributed by atoms with Gasteiger partial charge in [-0.05, 0) is 47.2 Å². The lowest BCUT2D eigenvalue weighted by atomic mass is 10.1. The Balaban J connectivity index is 1.70. The third kappa shape index (κ3) is 2.87. The maximum Gasteiger partial charge on any atom is 0.308 e. The van der Waals surface area contributed by atoms with E-state index in [1.54, 1.807) is 6.20 Å². The summed E-state index contributed by atoms with van der Waals surface area (Å²) in [5, 5.41) is 3.13. The summed E-state index contributed by atoms with van der Waals surface area (Å²) in [4.78, 5) is 16.7. The Morgan fingerprint density at radius 2 is 1.69 bits per heavy atom. The molecule has 2 aromatic heterocycles. The highest BCUT2D eigenvalue weighted by Gasteiger charge is 2.28. The van der Waals surface area contributed by atoms with Crippen LogP contribution in [0.25, 0.3) is 38.9 Å². The number of para-hydroxylation sites is 1. The molecular formula is C27H18N2O3. The Morgan fingerprint density at radius 3 is 2.53 bits per heavy atom. The van der Waals surface area contributed by atoms with Gasteiger partial charge in [0.05, 0.1) is 16.9 Å². The molecule has 6 rings (SSSR count). The fraction of sp³-hybridized carbons (Fsp3) is 0.0370. The van der Waals surface area contributed by atoms with Crippen LogP contribution in [0.4, 0.5) is 0 Å². The zero-order valence-electron chi connectivity index (χ0n) is 17.3. The summed E-state index contributed by atoms with van der Waals surface area (Å²) < 4.78 is 14.3. The topological polar surface area (TPSA) is 53.4 Å². The molecule has 3 aromatic carbocycles. The number of benzene rings is 3. The van der Waals surface area contributed by atoms with Gasteiger partial charge in [-0.2, -0.15) is 0 Å². The molecule has 0 N–H and O–H groups in total. The van der Waals surface area contributed by atoms with E-state index in [4.69, 9.17) is 9.47 Å². The van der Waals surface area contributed by atoms with E-state index in [1.807, 2.05) is 71.4 Å². The Labute approximate surface area is 184 Å². The lowest BCUT2D eigenvalue weighted by Gasteiger charge is -2.15. The average molecular weight is 418 g/mol. The monoisotopic (exact) mass is 418 g/mol. The van der Waals surface area contributed by atoms with Crippen LogP contribution in [0.1, 0.15) is 18.2 Å². The van der Waals surface area contributed by atoms with Gasteiger partial charge in [0.25, 0.3) is 0 Å². The molecule has 0 saturated carbocycles. The summed E-state index contributed by atoms with van der Waals surface area (Å²) in [6.45, 7) is 1.39. The highest BCUT2D eigenvalue weighted by atomic mass is 16.6. The van der Waals surface area contributed by atoms with Crippen molar-refractivity contribution in [3.63, 3.8) is 0 Å². The number of aromatic nitrogens is 2. The SMILES string of the molecule is CC(=O)OC1=C(c2cccc3cccnc23)Oc2cc3ccccc3cc2-n2cccc21. The first-order valence-corrected chi connectivity index (χ1v) is 10.3. The number of ether oxygens (including phenoxy) is 2. The summed E-state index contributed by atoms with van der Waals surface area (Å²) in [6, 6.07) is 25.9. The number of pyridine rings is 1. The molecule has 0 spiro atoms. The van der Waals surface area contributed by atoms with Gasteiger partial charge >= 0.3 is 5.97 Å². The lowest BCUT2D eigenvalue weighted by Crippen LogP contribution is -2.06. The summed E-state index contributed by atoms with van der Waals surface area (Å²) in [5.41, 5.74) is 3.14. The smallest absolute Gasteiger partial charge is 0.308 e. The molecule has 32 heavy (non-hydrogen) atoms. The molecule has 5 nitrogen and oxygen atoms in total. The summed E-state index contributed by atoms with van der Waals surface area (Å²) in [7, 11) is 0. The van der Waals surface area contributed by atoms with Gasteiger partial charge in [-0.1, -0.05) is 42.5 Å². The van der Waals surface area contributed by atoms with Gasteiger partial charge in [-0.25, -0.2) is 0 Å². The van der Waals surface area contributed by atoms with E-state index in [0.29, 0.717) is 17.3 Å². The van der Waals surface area contributed by atoms with E-state index >= 15 is 0 Å². The van der Waals surface area contributed by atoms with Crippen molar-refractivity contribution >= 4 is 39.2 Å². The number of hydrogen-bond donors (Lipinski definition) is 0. The second-order valence-electron chi connectivity index (χ2n) is 7.67. The molecule has 0 radical (unpaired) electrons. The largest absolute Gasteiger partial charge is 0.450 e. The van der Waals surface area contributed by atoms with Gasteiger partial charge in [0.15, 0.2) is 17.3 Å². The number of fused-ring (bicyclic) bond motifs is 5. The van der Waals surface area contributed by atoms with Gasteiger partial charge in [0.2, 0.25) is 0 Å². The molecule has 1 aliphatic rings. The Kier molecular flexibility index (Phi) is 4.08. The van der Waals surface area contributed by atoms with Crippen LogP contribution in [0.2, 0.25) is 0 Å². The quantitative estimate of drug-likeness (QED) is 0.332. The average Bonchev–Trinajstić information content (AvgIpc) is 3.26. The van der Waals surface area contributed by atoms with E-state index in [-0.39, 0.29) is 0 Å². The van der Waals surface area contributed by atoms with Crippen molar-refractivity contribution < 1.29 is 14.3 Å². The number of esters is 1. The zero-order chi connectivity index (χ0) is 21.7. The Bertz CT molecular complexity index is 1560. The normalized spacial score (nSPS) is 12.8. The van der Waals surface area contributed by atoms with E-state index in [0.717, 1.165) is 38.6 Å². The Morgan fingerprint density at radius 1 is 0.906 bits per heavy atom. The van der Waals surface area contributed by atoms with Crippen LogP contribution in [0.15, 0.2) is 91.3 Å². The van der Waals surface area contributed by atoms with Crippen molar-refractivity contribution in [2.75, 3.05) is 0 Å². The van der Waals surface area contributed by atoms with Crippen LogP contribution in [-0.2, 0) is 9.53 Å². The molecule has 1 aliphatic heterocycles. The number of rotatable bonds is 2. The van der Waals surface area contributed by atoms with Crippen molar-refractivity contribution in [3.8, 4) is 11.4 Å². The predicted molar refractivity (Wildman–Crippen MR) is 124 cm³/mol. The molecule has 5 aromatic rings. The Hall–Kier alpha value is -4.38.